The Morgan fingerprint density at radius 2 is 1.84 bits per heavy atom. The van der Waals surface area contributed by atoms with Crippen LogP contribution in [0.3, 0.4) is 0 Å². The Morgan fingerprint density at radius 3 is 2.37 bits per heavy atom. The van der Waals surface area contributed by atoms with Crippen LogP contribution in [0.1, 0.15) is 44.0 Å². The second-order valence-electron chi connectivity index (χ2n) is 4.78. The lowest BCUT2D eigenvalue weighted by Crippen LogP contribution is -2.12. The molecule has 0 aliphatic heterocycles. The van der Waals surface area contributed by atoms with E-state index in [0.29, 0.717) is 30.2 Å². The SMILES string of the molecule is CCOC(=O)c1ccc(NC(=O)CCC(C)C)cc1. The number of rotatable bonds is 6. The van der Waals surface area contributed by atoms with Gasteiger partial charge in [0, 0.05) is 12.1 Å². The van der Waals surface area contributed by atoms with Gasteiger partial charge in [-0.1, -0.05) is 13.8 Å². The minimum atomic E-state index is -0.347. The van der Waals surface area contributed by atoms with Gasteiger partial charge in [0.25, 0.3) is 0 Å². The molecule has 0 heterocycles. The second-order valence-corrected chi connectivity index (χ2v) is 4.78. The Morgan fingerprint density at radius 1 is 1.21 bits per heavy atom. The normalized spacial score (nSPS) is 10.3. The van der Waals surface area contributed by atoms with Gasteiger partial charge in [-0.05, 0) is 43.5 Å². The molecule has 4 heteroatoms. The molecular weight excluding hydrogens is 242 g/mol. The molecule has 4 nitrogen and oxygen atoms in total. The minimum Gasteiger partial charge on any atom is -0.462 e. The minimum absolute atomic E-state index is 0.00224. The summed E-state index contributed by atoms with van der Waals surface area (Å²) < 4.78 is 4.89. The second kappa shape index (κ2) is 7.56. The third kappa shape index (κ3) is 5.55. The Labute approximate surface area is 114 Å². The van der Waals surface area contributed by atoms with Gasteiger partial charge >= 0.3 is 5.97 Å². The molecule has 0 saturated heterocycles. The highest BCUT2D eigenvalue weighted by Crippen LogP contribution is 2.12. The van der Waals surface area contributed by atoms with Crippen molar-refractivity contribution in [1.82, 2.24) is 0 Å². The fraction of sp³-hybridized carbons (Fsp3) is 0.467. The van der Waals surface area contributed by atoms with Crippen molar-refractivity contribution in [2.45, 2.75) is 33.6 Å². The summed E-state index contributed by atoms with van der Waals surface area (Å²) in [5.74, 6) is 0.162. The van der Waals surface area contributed by atoms with Gasteiger partial charge in [-0.25, -0.2) is 4.79 Å². The van der Waals surface area contributed by atoms with Crippen LogP contribution < -0.4 is 5.32 Å². The summed E-state index contributed by atoms with van der Waals surface area (Å²) in [6.07, 6.45) is 1.38. The van der Waals surface area contributed by atoms with Crippen molar-refractivity contribution >= 4 is 17.6 Å². The molecule has 0 unspecified atom stereocenters. The fourth-order valence-electron chi connectivity index (χ4n) is 1.55. The molecule has 19 heavy (non-hydrogen) atoms. The zero-order valence-corrected chi connectivity index (χ0v) is 11.7. The molecule has 104 valence electrons. The Kier molecular flexibility index (Phi) is 6.06. The van der Waals surface area contributed by atoms with Gasteiger partial charge in [0.05, 0.1) is 12.2 Å². The van der Waals surface area contributed by atoms with Gasteiger partial charge < -0.3 is 10.1 Å². The first kappa shape index (κ1) is 15.2. The van der Waals surface area contributed by atoms with Crippen molar-refractivity contribution in [3.8, 4) is 0 Å². The van der Waals surface area contributed by atoms with Crippen LogP contribution in [-0.2, 0) is 9.53 Å². The van der Waals surface area contributed by atoms with Crippen LogP contribution in [-0.4, -0.2) is 18.5 Å². The molecule has 1 N–H and O–H groups in total. The molecule has 0 radical (unpaired) electrons. The number of amides is 1. The van der Waals surface area contributed by atoms with E-state index < -0.39 is 0 Å². The number of nitrogens with one attached hydrogen (secondary N) is 1. The highest BCUT2D eigenvalue weighted by Gasteiger charge is 2.07. The fourth-order valence-corrected chi connectivity index (χ4v) is 1.55. The van der Waals surface area contributed by atoms with Crippen LogP contribution in [0.15, 0.2) is 24.3 Å². The Bertz CT molecular complexity index is 424. The van der Waals surface area contributed by atoms with Crippen LogP contribution in [0.5, 0.6) is 0 Å². The lowest BCUT2D eigenvalue weighted by molar-refractivity contribution is -0.116. The van der Waals surface area contributed by atoms with Crippen molar-refractivity contribution < 1.29 is 14.3 Å². The molecule has 0 aromatic heterocycles. The predicted octanol–water partition coefficient (Wildman–Crippen LogP) is 3.24. The first-order chi connectivity index (χ1) is 9.02. The first-order valence-corrected chi connectivity index (χ1v) is 6.60. The van der Waals surface area contributed by atoms with Gasteiger partial charge in [-0.2, -0.15) is 0 Å². The first-order valence-electron chi connectivity index (χ1n) is 6.60. The summed E-state index contributed by atoms with van der Waals surface area (Å²) >= 11 is 0. The highest BCUT2D eigenvalue weighted by molar-refractivity contribution is 5.93. The summed E-state index contributed by atoms with van der Waals surface area (Å²) in [6.45, 7) is 6.29. The van der Waals surface area contributed by atoms with Gasteiger partial charge in [-0.3, -0.25) is 4.79 Å². The van der Waals surface area contributed by atoms with E-state index in [1.807, 2.05) is 0 Å². The molecule has 1 aromatic carbocycles. The number of hydrogen-bond acceptors (Lipinski definition) is 3. The Balaban J connectivity index is 2.52. The van der Waals surface area contributed by atoms with Crippen LogP contribution in [0.2, 0.25) is 0 Å². The van der Waals surface area contributed by atoms with Crippen molar-refractivity contribution in [2.24, 2.45) is 5.92 Å². The standard InChI is InChI=1S/C15H21NO3/c1-4-19-15(18)12-6-8-13(9-7-12)16-14(17)10-5-11(2)3/h6-9,11H,4-5,10H2,1-3H3,(H,16,17). The Hall–Kier alpha value is -1.84. The molecule has 0 bridgehead atoms. The van der Waals surface area contributed by atoms with E-state index in [1.54, 1.807) is 31.2 Å². The number of anilines is 1. The van der Waals surface area contributed by atoms with Crippen molar-refractivity contribution in [2.75, 3.05) is 11.9 Å². The van der Waals surface area contributed by atoms with Crippen molar-refractivity contribution in [1.29, 1.82) is 0 Å². The lowest BCUT2D eigenvalue weighted by atomic mass is 10.1. The van der Waals surface area contributed by atoms with Gasteiger partial charge in [0.2, 0.25) is 5.91 Å². The maximum Gasteiger partial charge on any atom is 0.338 e. The largest absolute Gasteiger partial charge is 0.462 e. The summed E-state index contributed by atoms with van der Waals surface area (Å²) in [4.78, 5) is 23.1. The number of esters is 1. The predicted molar refractivity (Wildman–Crippen MR) is 75.1 cm³/mol. The van der Waals surface area contributed by atoms with Crippen LogP contribution >= 0.6 is 0 Å². The lowest BCUT2D eigenvalue weighted by Gasteiger charge is -2.07. The molecule has 0 spiro atoms. The maximum absolute atomic E-state index is 11.6. The van der Waals surface area contributed by atoms with Crippen LogP contribution in [0.25, 0.3) is 0 Å². The molecule has 0 atom stereocenters. The monoisotopic (exact) mass is 263 g/mol. The molecular formula is C15H21NO3. The summed E-state index contributed by atoms with van der Waals surface area (Å²) in [6, 6.07) is 6.71. The smallest absolute Gasteiger partial charge is 0.338 e. The average molecular weight is 263 g/mol. The van der Waals surface area contributed by atoms with Crippen LogP contribution in [0.4, 0.5) is 5.69 Å². The molecule has 1 amide bonds. The summed E-state index contributed by atoms with van der Waals surface area (Å²) in [7, 11) is 0. The average Bonchev–Trinajstić information content (AvgIpc) is 2.37. The number of ether oxygens (including phenoxy) is 1. The third-order valence-electron chi connectivity index (χ3n) is 2.63. The van der Waals surface area contributed by atoms with Gasteiger partial charge in [0.15, 0.2) is 0 Å². The summed E-state index contributed by atoms with van der Waals surface area (Å²) in [5, 5.41) is 2.80. The molecule has 1 aromatic rings. The molecule has 0 fully saturated rings. The summed E-state index contributed by atoms with van der Waals surface area (Å²) in [5.41, 5.74) is 1.18. The van der Waals surface area contributed by atoms with Crippen molar-refractivity contribution in [3.63, 3.8) is 0 Å². The van der Waals surface area contributed by atoms with Crippen LogP contribution in [0, 0.1) is 5.92 Å². The van der Waals surface area contributed by atoms with E-state index in [9.17, 15) is 9.59 Å². The zero-order chi connectivity index (χ0) is 14.3. The van der Waals surface area contributed by atoms with E-state index in [-0.39, 0.29) is 11.9 Å². The maximum atomic E-state index is 11.6. The van der Waals surface area contributed by atoms with E-state index in [1.165, 1.54) is 0 Å². The third-order valence-corrected chi connectivity index (χ3v) is 2.63. The highest BCUT2D eigenvalue weighted by atomic mass is 16.5. The number of benzene rings is 1. The quantitative estimate of drug-likeness (QED) is 0.802. The van der Waals surface area contributed by atoms with E-state index in [0.717, 1.165) is 6.42 Å². The van der Waals surface area contributed by atoms with E-state index in [2.05, 4.69) is 19.2 Å². The number of hydrogen-bond donors (Lipinski definition) is 1. The zero-order valence-electron chi connectivity index (χ0n) is 11.7. The molecule has 0 aliphatic rings. The van der Waals surface area contributed by atoms with Crippen molar-refractivity contribution in [3.05, 3.63) is 29.8 Å². The molecule has 0 aliphatic carbocycles. The number of carbonyl (C=O) groups excluding carboxylic acids is 2. The molecule has 0 saturated carbocycles. The van der Waals surface area contributed by atoms with Gasteiger partial charge in [0.1, 0.15) is 0 Å². The van der Waals surface area contributed by atoms with E-state index >= 15 is 0 Å². The molecule has 1 rings (SSSR count). The van der Waals surface area contributed by atoms with E-state index in [4.69, 9.17) is 4.74 Å². The van der Waals surface area contributed by atoms with Gasteiger partial charge in [-0.15, -0.1) is 0 Å². The number of carbonyl (C=O) groups is 2. The topological polar surface area (TPSA) is 55.4 Å².